The fourth-order valence-corrected chi connectivity index (χ4v) is 4.21. The summed E-state index contributed by atoms with van der Waals surface area (Å²) in [5, 5.41) is 6.93. The Kier molecular flexibility index (Phi) is 2.96. The first-order valence-corrected chi connectivity index (χ1v) is 8.75. The Morgan fingerprint density at radius 3 is 2.58 bits per heavy atom. The van der Waals surface area contributed by atoms with Gasteiger partial charge in [-0.05, 0) is 31.4 Å². The van der Waals surface area contributed by atoms with E-state index in [0.717, 1.165) is 24.3 Å². The minimum Gasteiger partial charge on any atom is -0.382 e. The van der Waals surface area contributed by atoms with Gasteiger partial charge in [0.25, 0.3) is 0 Å². The zero-order chi connectivity index (χ0) is 13.5. The predicted octanol–water partition coefficient (Wildman–Crippen LogP) is 2.63. The Balaban J connectivity index is 2.06. The smallest absolute Gasteiger partial charge is 0.177 e. The molecule has 1 aliphatic carbocycles. The highest BCUT2D eigenvalue weighted by atomic mass is 32.2. The van der Waals surface area contributed by atoms with Crippen molar-refractivity contribution < 1.29 is 8.42 Å². The standard InChI is InChI=1S/C14H20N2O2S/c1-19(17,18)12-6-4-5-11-13(12)15-10-9-14(16-11)7-2-3-8-14/h4-6,15-16H,2-3,7-10H2,1H3. The van der Waals surface area contributed by atoms with Gasteiger partial charge in [0.05, 0.1) is 16.3 Å². The molecule has 0 amide bonds. The number of nitrogens with one attached hydrogen (secondary N) is 2. The van der Waals surface area contributed by atoms with Crippen LogP contribution in [0.5, 0.6) is 0 Å². The highest BCUT2D eigenvalue weighted by Crippen LogP contribution is 2.41. The monoisotopic (exact) mass is 280 g/mol. The summed E-state index contributed by atoms with van der Waals surface area (Å²) >= 11 is 0. The molecule has 1 fully saturated rings. The van der Waals surface area contributed by atoms with Crippen molar-refractivity contribution in [2.75, 3.05) is 23.4 Å². The van der Waals surface area contributed by atoms with Gasteiger partial charge in [0.1, 0.15) is 0 Å². The molecular formula is C14H20N2O2S. The van der Waals surface area contributed by atoms with Crippen molar-refractivity contribution in [2.45, 2.75) is 42.5 Å². The van der Waals surface area contributed by atoms with Gasteiger partial charge in [0, 0.05) is 18.3 Å². The molecule has 4 nitrogen and oxygen atoms in total. The first kappa shape index (κ1) is 12.8. The summed E-state index contributed by atoms with van der Waals surface area (Å²) in [6.07, 6.45) is 7.18. The van der Waals surface area contributed by atoms with Gasteiger partial charge in [-0.1, -0.05) is 18.9 Å². The molecule has 2 N–H and O–H groups in total. The van der Waals surface area contributed by atoms with Crippen LogP contribution < -0.4 is 10.6 Å². The van der Waals surface area contributed by atoms with E-state index in [9.17, 15) is 8.42 Å². The molecular weight excluding hydrogens is 260 g/mol. The van der Waals surface area contributed by atoms with Gasteiger partial charge in [0.15, 0.2) is 9.84 Å². The second-order valence-electron chi connectivity index (χ2n) is 5.74. The van der Waals surface area contributed by atoms with Gasteiger partial charge >= 0.3 is 0 Å². The molecule has 0 unspecified atom stereocenters. The highest BCUT2D eigenvalue weighted by Gasteiger charge is 2.36. The molecule has 3 rings (SSSR count). The van der Waals surface area contributed by atoms with Crippen molar-refractivity contribution >= 4 is 21.2 Å². The maximum atomic E-state index is 11.9. The predicted molar refractivity (Wildman–Crippen MR) is 77.5 cm³/mol. The van der Waals surface area contributed by atoms with Gasteiger partial charge in [-0.15, -0.1) is 0 Å². The van der Waals surface area contributed by atoms with Crippen molar-refractivity contribution in [3.8, 4) is 0 Å². The molecule has 0 saturated heterocycles. The number of sulfone groups is 1. The van der Waals surface area contributed by atoms with E-state index < -0.39 is 9.84 Å². The lowest BCUT2D eigenvalue weighted by molar-refractivity contribution is 0.461. The van der Waals surface area contributed by atoms with E-state index in [0.29, 0.717) is 4.90 Å². The summed E-state index contributed by atoms with van der Waals surface area (Å²) in [7, 11) is -3.20. The van der Waals surface area contributed by atoms with Crippen molar-refractivity contribution in [3.63, 3.8) is 0 Å². The van der Waals surface area contributed by atoms with Crippen molar-refractivity contribution in [3.05, 3.63) is 18.2 Å². The summed E-state index contributed by atoms with van der Waals surface area (Å²) in [5.74, 6) is 0. The average Bonchev–Trinajstić information content (AvgIpc) is 2.70. The first-order valence-electron chi connectivity index (χ1n) is 6.85. The molecule has 5 heteroatoms. The van der Waals surface area contributed by atoms with E-state index >= 15 is 0 Å². The third-order valence-electron chi connectivity index (χ3n) is 4.29. The topological polar surface area (TPSA) is 58.2 Å². The minimum absolute atomic E-state index is 0.161. The number of benzene rings is 1. The largest absolute Gasteiger partial charge is 0.382 e. The van der Waals surface area contributed by atoms with Crippen LogP contribution in [0, 0.1) is 0 Å². The summed E-state index contributed by atoms with van der Waals surface area (Å²) in [6.45, 7) is 0.826. The van der Waals surface area contributed by atoms with Crippen LogP contribution in [0.3, 0.4) is 0 Å². The Morgan fingerprint density at radius 2 is 1.89 bits per heavy atom. The molecule has 0 bridgehead atoms. The van der Waals surface area contributed by atoms with Gasteiger partial charge in [-0.25, -0.2) is 8.42 Å². The molecule has 2 aliphatic rings. The summed E-state index contributed by atoms with van der Waals surface area (Å²) in [6, 6.07) is 5.47. The number of fused-ring (bicyclic) bond motifs is 1. The van der Waals surface area contributed by atoms with Gasteiger partial charge in [0.2, 0.25) is 0 Å². The lowest BCUT2D eigenvalue weighted by atomic mass is 9.93. The number of hydrogen-bond acceptors (Lipinski definition) is 4. The van der Waals surface area contributed by atoms with Gasteiger partial charge < -0.3 is 10.6 Å². The number of rotatable bonds is 1. The van der Waals surface area contributed by atoms with Gasteiger partial charge in [-0.2, -0.15) is 0 Å². The fraction of sp³-hybridized carbons (Fsp3) is 0.571. The summed E-state index contributed by atoms with van der Waals surface area (Å²) < 4.78 is 23.7. The van der Waals surface area contributed by atoms with Crippen molar-refractivity contribution in [1.82, 2.24) is 0 Å². The molecule has 1 aliphatic heterocycles. The van der Waals surface area contributed by atoms with Gasteiger partial charge in [-0.3, -0.25) is 0 Å². The third-order valence-corrected chi connectivity index (χ3v) is 5.43. The fourth-order valence-electron chi connectivity index (χ4n) is 3.33. The molecule has 1 heterocycles. The molecule has 104 valence electrons. The maximum Gasteiger partial charge on any atom is 0.177 e. The van der Waals surface area contributed by atoms with E-state index in [1.807, 2.05) is 12.1 Å². The van der Waals surface area contributed by atoms with E-state index in [1.165, 1.54) is 31.9 Å². The Hall–Kier alpha value is -1.23. The lowest BCUT2D eigenvalue weighted by Gasteiger charge is -2.29. The van der Waals surface area contributed by atoms with Crippen LogP contribution in [0.15, 0.2) is 23.1 Å². The molecule has 1 spiro atoms. The third kappa shape index (κ3) is 2.31. The second kappa shape index (κ2) is 4.40. The van der Waals surface area contributed by atoms with E-state index in [2.05, 4.69) is 10.6 Å². The summed E-state index contributed by atoms with van der Waals surface area (Å²) in [5.41, 5.74) is 1.84. The van der Waals surface area contributed by atoms with Crippen molar-refractivity contribution in [2.24, 2.45) is 0 Å². The van der Waals surface area contributed by atoms with Crippen LogP contribution in [0.4, 0.5) is 11.4 Å². The number of hydrogen-bond donors (Lipinski definition) is 2. The SMILES string of the molecule is CS(=O)(=O)c1cccc2c1NCCC1(CCCC1)N2. The van der Waals surface area contributed by atoms with Crippen LogP contribution in [0.2, 0.25) is 0 Å². The zero-order valence-electron chi connectivity index (χ0n) is 11.2. The van der Waals surface area contributed by atoms with Crippen LogP contribution in [0.1, 0.15) is 32.1 Å². The highest BCUT2D eigenvalue weighted by molar-refractivity contribution is 7.90. The normalized spacial score (nSPS) is 21.3. The molecule has 1 saturated carbocycles. The molecule has 0 atom stereocenters. The Bertz CT molecular complexity index is 589. The van der Waals surface area contributed by atoms with E-state index in [-0.39, 0.29) is 5.54 Å². The first-order chi connectivity index (χ1) is 9.00. The van der Waals surface area contributed by atoms with Crippen molar-refractivity contribution in [1.29, 1.82) is 0 Å². The maximum absolute atomic E-state index is 11.9. The minimum atomic E-state index is -3.20. The Morgan fingerprint density at radius 1 is 1.16 bits per heavy atom. The molecule has 1 aromatic carbocycles. The summed E-state index contributed by atoms with van der Waals surface area (Å²) in [4.78, 5) is 0.396. The molecule has 1 aromatic rings. The van der Waals surface area contributed by atoms with Crippen LogP contribution in [-0.2, 0) is 9.84 Å². The quantitative estimate of drug-likeness (QED) is 0.830. The number of anilines is 2. The molecule has 0 radical (unpaired) electrons. The second-order valence-corrected chi connectivity index (χ2v) is 7.72. The van der Waals surface area contributed by atoms with Crippen LogP contribution >= 0.6 is 0 Å². The van der Waals surface area contributed by atoms with Crippen LogP contribution in [-0.4, -0.2) is 26.8 Å². The molecule has 19 heavy (non-hydrogen) atoms. The number of para-hydroxylation sites is 1. The van der Waals surface area contributed by atoms with Crippen LogP contribution in [0.25, 0.3) is 0 Å². The molecule has 0 aromatic heterocycles. The lowest BCUT2D eigenvalue weighted by Crippen LogP contribution is -2.35. The van der Waals surface area contributed by atoms with E-state index in [4.69, 9.17) is 0 Å². The van der Waals surface area contributed by atoms with E-state index in [1.54, 1.807) is 6.07 Å². The zero-order valence-corrected chi connectivity index (χ0v) is 12.0. The average molecular weight is 280 g/mol. The Labute approximate surface area is 114 Å².